The van der Waals surface area contributed by atoms with Gasteiger partial charge in [0.2, 0.25) is 0 Å². The van der Waals surface area contributed by atoms with E-state index >= 15 is 0 Å². The Bertz CT molecular complexity index is 825. The van der Waals surface area contributed by atoms with E-state index in [2.05, 4.69) is 27.3 Å². The van der Waals surface area contributed by atoms with Crippen molar-refractivity contribution in [3.8, 4) is 11.1 Å². The summed E-state index contributed by atoms with van der Waals surface area (Å²) >= 11 is 0. The molecule has 3 aromatic rings. The van der Waals surface area contributed by atoms with Crippen LogP contribution in [0.4, 0.5) is 0 Å². The zero-order chi connectivity index (χ0) is 16.4. The molecule has 0 amide bonds. The first-order valence-electron chi connectivity index (χ1n) is 7.59. The van der Waals surface area contributed by atoms with Gasteiger partial charge in [0.05, 0.1) is 12.4 Å². The molecule has 0 saturated heterocycles. The third-order valence-corrected chi connectivity index (χ3v) is 4.04. The maximum absolute atomic E-state index is 11.0. The number of ether oxygens (including phenoxy) is 1. The van der Waals surface area contributed by atoms with Crippen molar-refractivity contribution in [1.29, 1.82) is 0 Å². The van der Waals surface area contributed by atoms with Crippen LogP contribution in [0, 0.1) is 12.8 Å². The maximum Gasteiger partial charge on any atom is 0.293 e. The highest BCUT2D eigenvalue weighted by atomic mass is 16.5. The van der Waals surface area contributed by atoms with Gasteiger partial charge >= 0.3 is 0 Å². The van der Waals surface area contributed by atoms with Gasteiger partial charge in [-0.25, -0.2) is 0 Å². The average molecular weight is 309 g/mol. The van der Waals surface area contributed by atoms with Crippen molar-refractivity contribution >= 4 is 17.4 Å². The van der Waals surface area contributed by atoms with E-state index in [4.69, 9.17) is 4.74 Å². The van der Waals surface area contributed by atoms with Crippen LogP contribution >= 0.6 is 0 Å². The standard InChI is InChI=1S/C18H19N3O2/c1-11(2)18(23-10-22)15-6-14(13-4-5-20-21-9-13)7-16-17(15)12(3)8-19-16/h4-11,18-19H,1-3H3. The summed E-state index contributed by atoms with van der Waals surface area (Å²) in [5, 5.41) is 8.88. The molecule has 0 radical (unpaired) electrons. The van der Waals surface area contributed by atoms with Crippen molar-refractivity contribution in [1.82, 2.24) is 15.2 Å². The molecule has 1 aromatic carbocycles. The van der Waals surface area contributed by atoms with Crippen LogP contribution in [0.25, 0.3) is 22.0 Å². The van der Waals surface area contributed by atoms with Crippen LogP contribution in [0.1, 0.15) is 31.1 Å². The Morgan fingerprint density at radius 1 is 1.22 bits per heavy atom. The first-order valence-corrected chi connectivity index (χ1v) is 7.59. The van der Waals surface area contributed by atoms with E-state index in [1.165, 1.54) is 0 Å². The fourth-order valence-corrected chi connectivity index (χ4v) is 2.98. The first kappa shape index (κ1) is 15.2. The fourth-order valence-electron chi connectivity index (χ4n) is 2.98. The molecule has 0 saturated carbocycles. The SMILES string of the molecule is Cc1c[nH]c2cc(-c3ccnnc3)cc(C(OC=O)C(C)C)c12. The van der Waals surface area contributed by atoms with Gasteiger partial charge in [-0.15, -0.1) is 0 Å². The lowest BCUT2D eigenvalue weighted by Gasteiger charge is -2.21. The van der Waals surface area contributed by atoms with E-state index in [1.54, 1.807) is 12.4 Å². The molecule has 0 fully saturated rings. The summed E-state index contributed by atoms with van der Waals surface area (Å²) < 4.78 is 5.39. The predicted molar refractivity (Wildman–Crippen MR) is 88.8 cm³/mol. The van der Waals surface area contributed by atoms with E-state index < -0.39 is 0 Å². The van der Waals surface area contributed by atoms with Gasteiger partial charge in [-0.2, -0.15) is 10.2 Å². The number of rotatable bonds is 5. The van der Waals surface area contributed by atoms with Crippen LogP contribution in [0.2, 0.25) is 0 Å². The van der Waals surface area contributed by atoms with Gasteiger partial charge in [0, 0.05) is 28.2 Å². The van der Waals surface area contributed by atoms with E-state index in [-0.39, 0.29) is 12.0 Å². The molecule has 5 nitrogen and oxygen atoms in total. The Labute approximate surface area is 134 Å². The van der Waals surface area contributed by atoms with E-state index in [0.29, 0.717) is 6.47 Å². The minimum Gasteiger partial charge on any atom is -0.459 e. The second-order valence-electron chi connectivity index (χ2n) is 5.99. The van der Waals surface area contributed by atoms with Crippen LogP contribution in [0.3, 0.4) is 0 Å². The lowest BCUT2D eigenvalue weighted by molar-refractivity contribution is -0.135. The quantitative estimate of drug-likeness (QED) is 0.728. The monoisotopic (exact) mass is 309 g/mol. The molecule has 0 aliphatic rings. The van der Waals surface area contributed by atoms with Crippen molar-refractivity contribution in [3.63, 3.8) is 0 Å². The number of aryl methyl sites for hydroxylation is 1. The molecule has 1 N–H and O–H groups in total. The minimum atomic E-state index is -0.292. The van der Waals surface area contributed by atoms with Crippen LogP contribution in [-0.2, 0) is 9.53 Å². The number of fused-ring (bicyclic) bond motifs is 1. The number of H-pyrrole nitrogens is 1. The number of aromatic nitrogens is 3. The molecule has 3 rings (SSSR count). The van der Waals surface area contributed by atoms with Gasteiger partial charge in [0.1, 0.15) is 6.10 Å². The highest BCUT2D eigenvalue weighted by molar-refractivity contribution is 5.91. The molecule has 5 heteroatoms. The fraction of sp³-hybridized carbons (Fsp3) is 0.278. The molecule has 1 atom stereocenters. The van der Waals surface area contributed by atoms with Crippen molar-refractivity contribution in [2.75, 3.05) is 0 Å². The highest BCUT2D eigenvalue weighted by Gasteiger charge is 2.22. The molecular weight excluding hydrogens is 290 g/mol. The Balaban J connectivity index is 2.25. The predicted octanol–water partition coefficient (Wildman–Crippen LogP) is 3.80. The second-order valence-corrected chi connectivity index (χ2v) is 5.99. The zero-order valence-corrected chi connectivity index (χ0v) is 13.4. The van der Waals surface area contributed by atoms with Gasteiger partial charge in [0.15, 0.2) is 0 Å². The maximum atomic E-state index is 11.0. The minimum absolute atomic E-state index is 0.170. The number of aromatic amines is 1. The molecule has 118 valence electrons. The van der Waals surface area contributed by atoms with Crippen molar-refractivity contribution in [2.45, 2.75) is 26.9 Å². The number of hydrogen-bond acceptors (Lipinski definition) is 4. The van der Waals surface area contributed by atoms with Crippen molar-refractivity contribution in [2.24, 2.45) is 5.92 Å². The Morgan fingerprint density at radius 3 is 2.70 bits per heavy atom. The molecular formula is C18H19N3O2. The molecule has 2 heterocycles. The average Bonchev–Trinajstić information content (AvgIpc) is 2.94. The third kappa shape index (κ3) is 2.82. The number of nitrogens with zero attached hydrogens (tertiary/aromatic N) is 2. The molecule has 0 aliphatic carbocycles. The lowest BCUT2D eigenvalue weighted by Crippen LogP contribution is -2.11. The van der Waals surface area contributed by atoms with Gasteiger partial charge in [-0.1, -0.05) is 13.8 Å². The molecule has 0 spiro atoms. The summed E-state index contributed by atoms with van der Waals surface area (Å²) in [6.07, 6.45) is 5.08. The number of carbonyl (C=O) groups is 1. The second kappa shape index (κ2) is 6.20. The zero-order valence-electron chi connectivity index (χ0n) is 13.4. The Morgan fingerprint density at radius 2 is 2.04 bits per heavy atom. The number of carbonyl (C=O) groups excluding carboxylic acids is 1. The number of nitrogens with one attached hydrogen (secondary N) is 1. The Kier molecular flexibility index (Phi) is 4.10. The van der Waals surface area contributed by atoms with Crippen LogP contribution in [0.15, 0.2) is 36.8 Å². The van der Waals surface area contributed by atoms with E-state index in [1.807, 2.05) is 33.0 Å². The normalized spacial score (nSPS) is 12.5. The molecule has 23 heavy (non-hydrogen) atoms. The van der Waals surface area contributed by atoms with Gasteiger partial charge in [0.25, 0.3) is 6.47 Å². The van der Waals surface area contributed by atoms with E-state index in [0.717, 1.165) is 33.2 Å². The van der Waals surface area contributed by atoms with Gasteiger partial charge < -0.3 is 9.72 Å². The molecule has 0 bridgehead atoms. The van der Waals surface area contributed by atoms with Gasteiger partial charge in [-0.05, 0) is 42.2 Å². The number of benzene rings is 1. The first-order chi connectivity index (χ1) is 11.1. The van der Waals surface area contributed by atoms with Gasteiger partial charge in [-0.3, -0.25) is 4.79 Å². The number of hydrogen-bond donors (Lipinski definition) is 1. The third-order valence-electron chi connectivity index (χ3n) is 4.04. The largest absolute Gasteiger partial charge is 0.459 e. The van der Waals surface area contributed by atoms with Crippen LogP contribution < -0.4 is 0 Å². The smallest absolute Gasteiger partial charge is 0.293 e. The summed E-state index contributed by atoms with van der Waals surface area (Å²) in [6, 6.07) is 6.08. The summed E-state index contributed by atoms with van der Waals surface area (Å²) in [5.41, 5.74) is 5.16. The van der Waals surface area contributed by atoms with Crippen molar-refractivity contribution in [3.05, 3.63) is 47.9 Å². The highest BCUT2D eigenvalue weighted by Crippen LogP contribution is 2.36. The molecule has 2 aromatic heterocycles. The summed E-state index contributed by atoms with van der Waals surface area (Å²) in [5.74, 6) is 0.170. The van der Waals surface area contributed by atoms with Crippen LogP contribution in [-0.4, -0.2) is 21.7 Å². The topological polar surface area (TPSA) is 67.9 Å². The summed E-state index contributed by atoms with van der Waals surface area (Å²) in [4.78, 5) is 14.3. The van der Waals surface area contributed by atoms with Crippen molar-refractivity contribution < 1.29 is 9.53 Å². The summed E-state index contributed by atoms with van der Waals surface area (Å²) in [6.45, 7) is 6.67. The van der Waals surface area contributed by atoms with E-state index in [9.17, 15) is 4.79 Å². The molecule has 1 unspecified atom stereocenters. The molecule has 0 aliphatic heterocycles. The summed E-state index contributed by atoms with van der Waals surface area (Å²) in [7, 11) is 0. The lowest BCUT2D eigenvalue weighted by atomic mass is 9.91. The van der Waals surface area contributed by atoms with Crippen LogP contribution in [0.5, 0.6) is 0 Å². The Hall–Kier alpha value is -2.69.